The molecule has 1 aromatic carbocycles. The molecule has 8 heteroatoms. The quantitative estimate of drug-likeness (QED) is 0.223. The van der Waals surface area contributed by atoms with Crippen LogP contribution >= 0.6 is 0 Å². The van der Waals surface area contributed by atoms with Gasteiger partial charge in [-0.25, -0.2) is 4.98 Å². The molecular formula is C34H45N5O3. The molecule has 1 amide bonds. The van der Waals surface area contributed by atoms with Gasteiger partial charge in [0.1, 0.15) is 17.4 Å². The smallest absolute Gasteiger partial charge is 0.224 e. The monoisotopic (exact) mass is 571 g/mol. The predicted octanol–water partition coefficient (Wildman–Crippen LogP) is 6.23. The number of nitrogens with zero attached hydrogens (tertiary/aromatic N) is 3. The van der Waals surface area contributed by atoms with Crippen molar-refractivity contribution in [2.75, 3.05) is 26.7 Å². The molecule has 0 radical (unpaired) electrons. The van der Waals surface area contributed by atoms with E-state index in [0.717, 1.165) is 97.7 Å². The largest absolute Gasteiger partial charge is 0.496 e. The fraction of sp³-hybridized carbons (Fsp3) is 0.588. The summed E-state index contributed by atoms with van der Waals surface area (Å²) in [4.78, 5) is 40.8. The van der Waals surface area contributed by atoms with Gasteiger partial charge in [-0.2, -0.15) is 0 Å². The molecule has 6 rings (SSSR count). The van der Waals surface area contributed by atoms with Crippen LogP contribution in [0.25, 0.3) is 22.2 Å². The van der Waals surface area contributed by atoms with Gasteiger partial charge in [0, 0.05) is 48.5 Å². The molecule has 3 heterocycles. The first-order valence-electron chi connectivity index (χ1n) is 16.0. The van der Waals surface area contributed by atoms with Gasteiger partial charge in [-0.1, -0.05) is 25.8 Å². The minimum absolute atomic E-state index is 0.104. The molecule has 1 spiro atoms. The molecule has 42 heavy (non-hydrogen) atoms. The van der Waals surface area contributed by atoms with Crippen LogP contribution in [0.1, 0.15) is 89.4 Å². The number of likely N-dealkylation sites (tertiary alicyclic amines) is 1. The molecule has 2 saturated carbocycles. The van der Waals surface area contributed by atoms with Crippen molar-refractivity contribution in [3.63, 3.8) is 0 Å². The minimum Gasteiger partial charge on any atom is -0.496 e. The third-order valence-electron chi connectivity index (χ3n) is 9.87. The second kappa shape index (κ2) is 12.5. The molecule has 0 bridgehead atoms. The Balaban J connectivity index is 1.14. The van der Waals surface area contributed by atoms with Crippen molar-refractivity contribution in [1.82, 2.24) is 25.2 Å². The standard InChI is InChI=1S/C34H45N5O3/c1-3-25(40)9-5-4-6-10-28(38-33(41)27-20-34(27)13-16-39(17-14-34)22-23-11-12-23)32-36-21-30(37-32)26-18-24-8-7-15-35-29(24)19-31(26)42-2/h7-8,15,18-19,21,23,27-28H,3-6,9-14,16-17,20,22H2,1-2H3,(H,36,37)(H,38,41)/t27-,28+/m1/s1. The summed E-state index contributed by atoms with van der Waals surface area (Å²) < 4.78 is 5.71. The number of carbonyl (C=O) groups is 2. The third-order valence-corrected chi connectivity index (χ3v) is 9.87. The number of fused-ring (bicyclic) bond motifs is 1. The number of piperidine rings is 1. The van der Waals surface area contributed by atoms with Gasteiger partial charge in [0.05, 0.1) is 30.6 Å². The average Bonchev–Trinajstić information content (AvgIpc) is 3.92. The van der Waals surface area contributed by atoms with Crippen LogP contribution in [-0.4, -0.2) is 58.3 Å². The van der Waals surface area contributed by atoms with Crippen molar-refractivity contribution < 1.29 is 14.3 Å². The first-order valence-corrected chi connectivity index (χ1v) is 16.0. The highest BCUT2D eigenvalue weighted by molar-refractivity contribution is 5.87. The molecule has 224 valence electrons. The van der Waals surface area contributed by atoms with E-state index in [2.05, 4.69) is 26.3 Å². The number of pyridine rings is 1. The first-order chi connectivity index (χ1) is 20.5. The number of hydrogen-bond donors (Lipinski definition) is 2. The number of Topliss-reactive ketones (excluding diaryl/α,β-unsaturated/α-hetero) is 1. The van der Waals surface area contributed by atoms with Gasteiger partial charge in [-0.3, -0.25) is 14.6 Å². The zero-order valence-corrected chi connectivity index (χ0v) is 25.2. The fourth-order valence-electron chi connectivity index (χ4n) is 6.82. The number of aromatic nitrogens is 3. The van der Waals surface area contributed by atoms with Crippen molar-refractivity contribution in [1.29, 1.82) is 0 Å². The van der Waals surface area contributed by atoms with E-state index < -0.39 is 0 Å². The van der Waals surface area contributed by atoms with E-state index in [1.807, 2.05) is 31.3 Å². The number of hydrogen-bond acceptors (Lipinski definition) is 6. The second-order valence-electron chi connectivity index (χ2n) is 12.8. The Kier molecular flexibility index (Phi) is 8.61. The normalized spacial score (nSPS) is 20.5. The van der Waals surface area contributed by atoms with Crippen molar-refractivity contribution in [3.8, 4) is 17.0 Å². The van der Waals surface area contributed by atoms with Crippen LogP contribution in [0.3, 0.4) is 0 Å². The lowest BCUT2D eigenvalue weighted by atomic mass is 9.90. The van der Waals surface area contributed by atoms with Crippen LogP contribution in [0.15, 0.2) is 36.7 Å². The highest BCUT2D eigenvalue weighted by Crippen LogP contribution is 2.59. The number of H-pyrrole nitrogens is 1. The van der Waals surface area contributed by atoms with Crippen LogP contribution in [0.4, 0.5) is 0 Å². The van der Waals surface area contributed by atoms with Gasteiger partial charge in [0.25, 0.3) is 0 Å². The number of imidazole rings is 1. The lowest BCUT2D eigenvalue weighted by Crippen LogP contribution is -2.38. The lowest BCUT2D eigenvalue weighted by Gasteiger charge is -2.33. The van der Waals surface area contributed by atoms with E-state index in [1.54, 1.807) is 13.3 Å². The van der Waals surface area contributed by atoms with Crippen molar-refractivity contribution >= 4 is 22.6 Å². The van der Waals surface area contributed by atoms with Crippen molar-refractivity contribution in [3.05, 3.63) is 42.5 Å². The third kappa shape index (κ3) is 6.54. The second-order valence-corrected chi connectivity index (χ2v) is 12.8. The van der Waals surface area contributed by atoms with Crippen molar-refractivity contribution in [2.45, 2.75) is 83.6 Å². The van der Waals surface area contributed by atoms with Crippen LogP contribution in [0.2, 0.25) is 0 Å². The number of nitrogens with one attached hydrogen (secondary N) is 2. The van der Waals surface area contributed by atoms with E-state index in [-0.39, 0.29) is 23.3 Å². The van der Waals surface area contributed by atoms with E-state index in [9.17, 15) is 9.59 Å². The van der Waals surface area contributed by atoms with E-state index in [4.69, 9.17) is 9.72 Å². The Morgan fingerprint density at radius 3 is 2.76 bits per heavy atom. The molecule has 3 aliphatic rings. The summed E-state index contributed by atoms with van der Waals surface area (Å²) in [6.45, 7) is 5.43. The summed E-state index contributed by atoms with van der Waals surface area (Å²) in [5.41, 5.74) is 2.84. The SMILES string of the molecule is CCC(=O)CCCCC[C@H](NC(=O)[C@H]1CC12CCN(CC1CC1)CC2)c1ncc(-c2cc3cccnc3cc2OC)[nH]1. The number of unbranched alkanes of at least 4 members (excludes halogenated alkanes) is 2. The lowest BCUT2D eigenvalue weighted by molar-refractivity contribution is -0.124. The summed E-state index contributed by atoms with van der Waals surface area (Å²) >= 11 is 0. The number of carbonyl (C=O) groups excluding carboxylic acids is 2. The highest BCUT2D eigenvalue weighted by atomic mass is 16.5. The van der Waals surface area contributed by atoms with Crippen LogP contribution in [0, 0.1) is 17.3 Å². The van der Waals surface area contributed by atoms with Gasteiger partial charge in [-0.15, -0.1) is 0 Å². The molecule has 2 aliphatic carbocycles. The maximum absolute atomic E-state index is 13.6. The zero-order valence-electron chi connectivity index (χ0n) is 25.2. The van der Waals surface area contributed by atoms with Gasteiger partial charge in [0.2, 0.25) is 5.91 Å². The van der Waals surface area contributed by atoms with Crippen molar-refractivity contribution in [2.24, 2.45) is 17.3 Å². The molecule has 3 aromatic rings. The summed E-state index contributed by atoms with van der Waals surface area (Å²) in [5.74, 6) is 3.01. The number of methoxy groups -OCH3 is 1. The van der Waals surface area contributed by atoms with Crippen LogP contribution in [0.5, 0.6) is 5.75 Å². The minimum atomic E-state index is -0.200. The Morgan fingerprint density at radius 2 is 2.00 bits per heavy atom. The Bertz CT molecular complexity index is 1410. The van der Waals surface area contributed by atoms with Gasteiger partial charge in [-0.05, 0) is 81.5 Å². The molecule has 2 aromatic heterocycles. The van der Waals surface area contributed by atoms with Gasteiger partial charge < -0.3 is 19.9 Å². The molecule has 1 aliphatic heterocycles. The number of amides is 1. The van der Waals surface area contributed by atoms with Crippen LogP contribution in [-0.2, 0) is 9.59 Å². The number of aromatic amines is 1. The molecule has 8 nitrogen and oxygen atoms in total. The van der Waals surface area contributed by atoms with Gasteiger partial charge in [0.15, 0.2) is 0 Å². The molecule has 1 saturated heterocycles. The summed E-state index contributed by atoms with van der Waals surface area (Å²) in [6.07, 6.45) is 14.5. The van der Waals surface area contributed by atoms with Crippen LogP contribution < -0.4 is 10.1 Å². The first kappa shape index (κ1) is 28.8. The Morgan fingerprint density at radius 1 is 1.17 bits per heavy atom. The molecule has 2 N–H and O–H groups in total. The number of ketones is 1. The van der Waals surface area contributed by atoms with Gasteiger partial charge >= 0.3 is 0 Å². The number of ether oxygens (including phenoxy) is 1. The predicted molar refractivity (Wildman–Crippen MR) is 164 cm³/mol. The zero-order chi connectivity index (χ0) is 29.1. The summed E-state index contributed by atoms with van der Waals surface area (Å²) in [6, 6.07) is 7.79. The molecule has 2 atom stereocenters. The summed E-state index contributed by atoms with van der Waals surface area (Å²) in [5, 5.41) is 4.43. The fourth-order valence-corrected chi connectivity index (χ4v) is 6.82. The maximum Gasteiger partial charge on any atom is 0.224 e. The van der Waals surface area contributed by atoms with E-state index >= 15 is 0 Å². The maximum atomic E-state index is 13.6. The molecule has 0 unspecified atom stereocenters. The number of benzene rings is 1. The topological polar surface area (TPSA) is 100 Å². The van der Waals surface area contributed by atoms with E-state index in [1.165, 1.54) is 19.4 Å². The Hall–Kier alpha value is -3.26. The Labute approximate surface area is 249 Å². The highest BCUT2D eigenvalue weighted by Gasteiger charge is 2.58. The summed E-state index contributed by atoms with van der Waals surface area (Å²) in [7, 11) is 1.67. The molecular weight excluding hydrogens is 526 g/mol. The number of rotatable bonds is 14. The van der Waals surface area contributed by atoms with E-state index in [0.29, 0.717) is 18.6 Å². The molecule has 3 fully saturated rings. The average molecular weight is 572 g/mol.